The fourth-order valence-corrected chi connectivity index (χ4v) is 7.08. The van der Waals surface area contributed by atoms with Gasteiger partial charge in [-0.3, -0.25) is 0 Å². The third kappa shape index (κ3) is 6.72. The van der Waals surface area contributed by atoms with Crippen LogP contribution in [-0.2, 0) is 0 Å². The minimum atomic E-state index is 0.522. The van der Waals surface area contributed by atoms with Crippen molar-refractivity contribution in [2.45, 2.75) is 26.2 Å². The Balaban J connectivity index is 1.21. The van der Waals surface area contributed by atoms with Gasteiger partial charge in [0.25, 0.3) is 0 Å². The van der Waals surface area contributed by atoms with Crippen molar-refractivity contribution >= 4 is 44.9 Å². The molecule has 0 aliphatic heterocycles. The second-order valence-electron chi connectivity index (χ2n) is 13.4. The minimum absolute atomic E-state index is 0.522. The number of anilines is 6. The van der Waals surface area contributed by atoms with Gasteiger partial charge < -0.3 is 9.80 Å². The highest BCUT2D eigenvalue weighted by molar-refractivity contribution is 5.99. The van der Waals surface area contributed by atoms with E-state index in [9.17, 15) is 0 Å². The Morgan fingerprint density at radius 3 is 1.25 bits per heavy atom. The summed E-state index contributed by atoms with van der Waals surface area (Å²) in [7, 11) is 0. The summed E-state index contributed by atoms with van der Waals surface area (Å²) in [4.78, 5) is 4.73. The third-order valence-corrected chi connectivity index (χ3v) is 10.2. The number of nitrogens with zero attached hydrogens (tertiary/aromatic N) is 2. The smallest absolute Gasteiger partial charge is 0.0540 e. The van der Waals surface area contributed by atoms with Gasteiger partial charge in [-0.05, 0) is 112 Å². The van der Waals surface area contributed by atoms with E-state index in [1.165, 1.54) is 38.6 Å². The molecule has 0 fully saturated rings. The van der Waals surface area contributed by atoms with Crippen LogP contribution in [0.4, 0.5) is 34.1 Å². The van der Waals surface area contributed by atoms with Gasteiger partial charge in [-0.1, -0.05) is 147 Å². The van der Waals surface area contributed by atoms with Gasteiger partial charge in [-0.2, -0.15) is 0 Å². The first-order valence-corrected chi connectivity index (χ1v) is 18.3. The summed E-state index contributed by atoms with van der Waals surface area (Å²) in [6, 6.07) is 72.2. The van der Waals surface area contributed by atoms with Crippen LogP contribution >= 0.6 is 0 Å². The Labute approximate surface area is 307 Å². The number of benzene rings is 8. The molecule has 0 N–H and O–H groups in total. The normalized spacial score (nSPS) is 11.7. The van der Waals surface area contributed by atoms with Gasteiger partial charge in [0, 0.05) is 33.8 Å². The molecule has 52 heavy (non-hydrogen) atoms. The predicted molar refractivity (Wildman–Crippen MR) is 223 cm³/mol. The molecule has 0 saturated carbocycles. The van der Waals surface area contributed by atoms with Crippen LogP contribution in [0, 0.1) is 0 Å². The maximum absolute atomic E-state index is 2.39. The van der Waals surface area contributed by atoms with Crippen molar-refractivity contribution < 1.29 is 0 Å². The Morgan fingerprint density at radius 2 is 0.750 bits per heavy atom. The lowest BCUT2D eigenvalue weighted by atomic mass is 9.98. The molecular weight excluding hydrogens is 629 g/mol. The van der Waals surface area contributed by atoms with E-state index in [4.69, 9.17) is 0 Å². The van der Waals surface area contributed by atoms with Crippen LogP contribution in [0.1, 0.15) is 31.7 Å². The summed E-state index contributed by atoms with van der Waals surface area (Å²) in [6.45, 7) is 4.55. The SMILES string of the molecule is CCC(C)c1ccc(N(c2ccc(N(c3ccc(-c4ccccc4)cc3)c3ccc(-c4ccccc4)cc3)cc2)c2cccc3ccccc23)cc1. The van der Waals surface area contributed by atoms with Crippen LogP contribution in [0.25, 0.3) is 33.0 Å². The molecule has 8 aromatic rings. The Morgan fingerprint density at radius 1 is 0.365 bits per heavy atom. The van der Waals surface area contributed by atoms with Crippen LogP contribution in [0.3, 0.4) is 0 Å². The Bertz CT molecular complexity index is 2280. The van der Waals surface area contributed by atoms with Crippen molar-refractivity contribution in [1.29, 1.82) is 0 Å². The Kier molecular flexibility index (Phi) is 9.37. The summed E-state index contributed by atoms with van der Waals surface area (Å²) < 4.78 is 0. The number of hydrogen-bond donors (Lipinski definition) is 0. The fraction of sp³-hybridized carbons (Fsp3) is 0.0800. The first-order chi connectivity index (χ1) is 25.7. The average Bonchev–Trinajstić information content (AvgIpc) is 3.23. The maximum Gasteiger partial charge on any atom is 0.0540 e. The van der Waals surface area contributed by atoms with Crippen molar-refractivity contribution in [3.63, 3.8) is 0 Å². The molecule has 2 heteroatoms. The topological polar surface area (TPSA) is 6.48 Å². The van der Waals surface area contributed by atoms with Crippen molar-refractivity contribution in [1.82, 2.24) is 0 Å². The molecule has 2 nitrogen and oxygen atoms in total. The van der Waals surface area contributed by atoms with Crippen LogP contribution in [0.2, 0.25) is 0 Å². The number of rotatable bonds is 10. The first kappa shape index (κ1) is 32.8. The van der Waals surface area contributed by atoms with Gasteiger partial charge in [0.2, 0.25) is 0 Å². The molecule has 0 aromatic heterocycles. The van der Waals surface area contributed by atoms with Gasteiger partial charge in [0.1, 0.15) is 0 Å². The number of hydrogen-bond acceptors (Lipinski definition) is 2. The lowest BCUT2D eigenvalue weighted by Gasteiger charge is -2.29. The van der Waals surface area contributed by atoms with Gasteiger partial charge in [0.15, 0.2) is 0 Å². The second-order valence-corrected chi connectivity index (χ2v) is 13.4. The van der Waals surface area contributed by atoms with Gasteiger partial charge in [0.05, 0.1) is 5.69 Å². The summed E-state index contributed by atoms with van der Waals surface area (Å²) in [5.74, 6) is 0.522. The largest absolute Gasteiger partial charge is 0.311 e. The molecular formula is C50H42N2. The van der Waals surface area contributed by atoms with E-state index in [1.807, 2.05) is 0 Å². The second kappa shape index (κ2) is 14.8. The quantitative estimate of drug-likeness (QED) is 0.143. The summed E-state index contributed by atoms with van der Waals surface area (Å²) >= 11 is 0. The molecule has 0 heterocycles. The van der Waals surface area contributed by atoms with E-state index < -0.39 is 0 Å². The zero-order chi connectivity index (χ0) is 35.3. The molecule has 1 unspecified atom stereocenters. The van der Waals surface area contributed by atoms with Gasteiger partial charge >= 0.3 is 0 Å². The molecule has 0 aliphatic rings. The highest BCUT2D eigenvalue weighted by Crippen LogP contribution is 2.42. The van der Waals surface area contributed by atoms with Crippen LogP contribution < -0.4 is 9.80 Å². The molecule has 0 amide bonds. The standard InChI is InChI=1S/C50H42N2/c1-3-37(2)38-21-27-47(28-22-38)52(50-20-12-18-43-17-10-11-19-49(43)50)48-35-33-46(34-36-48)51(44-29-23-41(24-30-44)39-13-6-4-7-14-39)45-31-25-42(26-32-45)40-15-8-5-9-16-40/h4-37H,3H2,1-2H3. The molecule has 0 bridgehead atoms. The van der Waals surface area contributed by atoms with Crippen molar-refractivity contribution in [2.75, 3.05) is 9.80 Å². The van der Waals surface area contributed by atoms with Crippen LogP contribution in [-0.4, -0.2) is 0 Å². The van der Waals surface area contributed by atoms with E-state index in [2.05, 4.69) is 224 Å². The molecule has 0 saturated heterocycles. The first-order valence-electron chi connectivity index (χ1n) is 18.3. The predicted octanol–water partition coefficient (Wildman–Crippen LogP) is 14.6. The van der Waals surface area contributed by atoms with E-state index in [1.54, 1.807) is 0 Å². The lowest BCUT2D eigenvalue weighted by molar-refractivity contribution is 0.733. The molecule has 8 aromatic carbocycles. The molecule has 0 spiro atoms. The van der Waals surface area contributed by atoms with E-state index in [-0.39, 0.29) is 0 Å². The van der Waals surface area contributed by atoms with E-state index >= 15 is 0 Å². The third-order valence-electron chi connectivity index (χ3n) is 10.2. The maximum atomic E-state index is 2.39. The van der Waals surface area contributed by atoms with E-state index in [0.717, 1.165) is 40.5 Å². The van der Waals surface area contributed by atoms with Crippen molar-refractivity contribution in [3.8, 4) is 22.3 Å². The summed E-state index contributed by atoms with van der Waals surface area (Å²) in [5.41, 5.74) is 12.9. The van der Waals surface area contributed by atoms with Crippen molar-refractivity contribution in [3.05, 3.63) is 206 Å². The molecule has 252 valence electrons. The zero-order valence-corrected chi connectivity index (χ0v) is 29.7. The average molecular weight is 671 g/mol. The minimum Gasteiger partial charge on any atom is -0.311 e. The molecule has 1 atom stereocenters. The van der Waals surface area contributed by atoms with Gasteiger partial charge in [-0.25, -0.2) is 0 Å². The summed E-state index contributed by atoms with van der Waals surface area (Å²) in [6.07, 6.45) is 1.12. The highest BCUT2D eigenvalue weighted by atomic mass is 15.2. The van der Waals surface area contributed by atoms with E-state index in [0.29, 0.717) is 5.92 Å². The molecule has 0 radical (unpaired) electrons. The lowest BCUT2D eigenvalue weighted by Crippen LogP contribution is -2.12. The number of fused-ring (bicyclic) bond motifs is 1. The van der Waals surface area contributed by atoms with Crippen molar-refractivity contribution in [2.24, 2.45) is 0 Å². The van der Waals surface area contributed by atoms with Crippen LogP contribution in [0.15, 0.2) is 200 Å². The zero-order valence-electron chi connectivity index (χ0n) is 29.7. The van der Waals surface area contributed by atoms with Crippen LogP contribution in [0.5, 0.6) is 0 Å². The molecule has 0 aliphatic carbocycles. The highest BCUT2D eigenvalue weighted by Gasteiger charge is 2.18. The Hall–Kier alpha value is -6.38. The molecule has 8 rings (SSSR count). The van der Waals surface area contributed by atoms with Gasteiger partial charge in [-0.15, -0.1) is 0 Å². The fourth-order valence-electron chi connectivity index (χ4n) is 7.08. The monoisotopic (exact) mass is 670 g/mol. The summed E-state index contributed by atoms with van der Waals surface area (Å²) in [5, 5.41) is 2.45.